The number of hydrogen-bond donors (Lipinski definition) is 7. The van der Waals surface area contributed by atoms with Crippen LogP contribution in [0.2, 0.25) is 0 Å². The van der Waals surface area contributed by atoms with Gasteiger partial charge < -0.3 is 52.6 Å². The molecule has 0 unspecified atom stereocenters. The van der Waals surface area contributed by atoms with Gasteiger partial charge in [-0.05, 0) is 79.1 Å². The standard InChI is InChI=1S/C48H63N11O8/c1-6-19-58(20-7-2)46(64)33-22-31-13-14-32(24-39(31)55-40(49)25-33)43(61)54-36-23-34-27-59(21-17-37(34)52-26-36)48(66)67-28-30-11-15-35(16-12-30)53-44(62)38(10-9-18-51-47(50)65)56-45(63)42(29(4)5)57-41(60)8-3/h11-16,22-24,26,29,38,42H,6-10,17-21,25,27-28H2,1-5H3,(H2,49,55)(H,53,62)(H,54,61)(H,56,63)(H,57,60)(H3,50,51,65)/t38-,42-/m0/s1. The van der Waals surface area contributed by atoms with Crippen molar-refractivity contribution in [3.05, 3.63) is 88.2 Å². The van der Waals surface area contributed by atoms with Crippen molar-refractivity contribution in [2.75, 3.05) is 36.8 Å². The molecule has 2 aromatic carbocycles. The molecule has 8 amide bonds. The number of nitrogens with one attached hydrogen (secondary N) is 5. The Hall–Kier alpha value is -7.31. The lowest BCUT2D eigenvalue weighted by atomic mass is 10.0. The molecule has 9 N–H and O–H groups in total. The van der Waals surface area contributed by atoms with E-state index in [0.29, 0.717) is 71.8 Å². The molecular weight excluding hydrogens is 859 g/mol. The van der Waals surface area contributed by atoms with Gasteiger partial charge in [0.05, 0.1) is 24.1 Å². The number of ether oxygens (including phenoxy) is 1. The van der Waals surface area contributed by atoms with Crippen LogP contribution in [-0.4, -0.2) is 101 Å². The molecule has 2 aliphatic heterocycles. The summed E-state index contributed by atoms with van der Waals surface area (Å²) in [5.74, 6) is -1.75. The van der Waals surface area contributed by atoms with Gasteiger partial charge in [-0.15, -0.1) is 0 Å². The van der Waals surface area contributed by atoms with Crippen LogP contribution in [0.3, 0.4) is 0 Å². The largest absolute Gasteiger partial charge is 0.445 e. The molecule has 3 heterocycles. The predicted molar refractivity (Wildman–Crippen MR) is 255 cm³/mol. The molecule has 0 aliphatic carbocycles. The normalized spacial score (nSPS) is 13.9. The van der Waals surface area contributed by atoms with Gasteiger partial charge in [-0.1, -0.05) is 52.8 Å². The maximum atomic E-state index is 13.5. The fourth-order valence-corrected chi connectivity index (χ4v) is 7.59. The Morgan fingerprint density at radius 2 is 1.63 bits per heavy atom. The van der Waals surface area contributed by atoms with Gasteiger partial charge in [0.2, 0.25) is 23.6 Å². The second kappa shape index (κ2) is 24.3. The number of carbonyl (C=O) groups excluding carboxylic acids is 7. The lowest BCUT2D eigenvalue weighted by Crippen LogP contribution is -2.54. The highest BCUT2D eigenvalue weighted by Crippen LogP contribution is 2.29. The molecule has 3 aromatic rings. The Kier molecular flexibility index (Phi) is 18.4. The fourth-order valence-electron chi connectivity index (χ4n) is 7.59. The fraction of sp³-hybridized carbons (Fsp3) is 0.438. The zero-order valence-corrected chi connectivity index (χ0v) is 38.9. The van der Waals surface area contributed by atoms with Crippen molar-refractivity contribution in [3.8, 4) is 0 Å². The Labute approximate surface area is 390 Å². The molecule has 5 rings (SSSR count). The van der Waals surface area contributed by atoms with Crippen molar-refractivity contribution in [1.29, 1.82) is 0 Å². The molecule has 67 heavy (non-hydrogen) atoms. The second-order valence-corrected chi connectivity index (χ2v) is 16.8. The number of aliphatic imine (C=N–C) groups is 1. The van der Waals surface area contributed by atoms with Gasteiger partial charge >= 0.3 is 12.1 Å². The van der Waals surface area contributed by atoms with Crippen LogP contribution in [0.4, 0.5) is 26.7 Å². The third kappa shape index (κ3) is 14.6. The van der Waals surface area contributed by atoms with Crippen molar-refractivity contribution in [1.82, 2.24) is 30.7 Å². The van der Waals surface area contributed by atoms with E-state index in [1.807, 2.05) is 18.7 Å². The molecule has 358 valence electrons. The molecule has 0 fully saturated rings. The van der Waals surface area contributed by atoms with E-state index < -0.39 is 41.9 Å². The van der Waals surface area contributed by atoms with Crippen LogP contribution in [0.25, 0.3) is 6.08 Å². The number of amides is 8. The van der Waals surface area contributed by atoms with E-state index in [0.717, 1.165) is 24.1 Å². The Bertz CT molecular complexity index is 2360. The lowest BCUT2D eigenvalue weighted by molar-refractivity contribution is -0.132. The molecule has 0 radical (unpaired) electrons. The number of benzene rings is 2. The first-order valence-electron chi connectivity index (χ1n) is 22.8. The van der Waals surface area contributed by atoms with Crippen molar-refractivity contribution in [3.63, 3.8) is 0 Å². The van der Waals surface area contributed by atoms with Crippen molar-refractivity contribution >= 4 is 70.6 Å². The van der Waals surface area contributed by atoms with Crippen LogP contribution in [-0.2, 0) is 43.5 Å². The summed E-state index contributed by atoms with van der Waals surface area (Å²) in [6.45, 7) is 11.3. The summed E-state index contributed by atoms with van der Waals surface area (Å²) in [4.78, 5) is 103. The van der Waals surface area contributed by atoms with Gasteiger partial charge in [0.15, 0.2) is 0 Å². The SMILES string of the molecule is CCCN(CCC)C(=O)C1=Cc2ccc(C(=O)Nc3cnc4c(c3)CN(C(=O)OCc3ccc(NC(=O)[C@H](CCCNC(N)=O)NC(=O)[C@@H](NC(=O)CC)C(C)C)cc3)CC4)cc2N=C(N)C1. The number of hydrogen-bond acceptors (Lipinski definition) is 11. The molecule has 1 aromatic heterocycles. The van der Waals surface area contributed by atoms with Crippen LogP contribution in [0.1, 0.15) is 106 Å². The summed E-state index contributed by atoms with van der Waals surface area (Å²) in [7, 11) is 0. The van der Waals surface area contributed by atoms with Crippen molar-refractivity contribution in [2.24, 2.45) is 22.4 Å². The van der Waals surface area contributed by atoms with E-state index >= 15 is 0 Å². The number of carbonyl (C=O) groups is 7. The molecule has 19 nitrogen and oxygen atoms in total. The van der Waals surface area contributed by atoms with E-state index in [9.17, 15) is 33.6 Å². The van der Waals surface area contributed by atoms with Gasteiger partial charge in [0.1, 0.15) is 24.5 Å². The average Bonchev–Trinajstić information content (AvgIpc) is 3.47. The number of rotatable bonds is 20. The van der Waals surface area contributed by atoms with Crippen LogP contribution >= 0.6 is 0 Å². The van der Waals surface area contributed by atoms with E-state index in [2.05, 4.69) is 36.6 Å². The van der Waals surface area contributed by atoms with Gasteiger partial charge in [-0.3, -0.25) is 29.0 Å². The van der Waals surface area contributed by atoms with Crippen molar-refractivity contribution in [2.45, 2.75) is 105 Å². The number of urea groups is 1. The highest BCUT2D eigenvalue weighted by atomic mass is 16.6. The minimum Gasteiger partial charge on any atom is -0.445 e. The smallest absolute Gasteiger partial charge is 0.410 e. The third-order valence-electron chi connectivity index (χ3n) is 11.1. The summed E-state index contributed by atoms with van der Waals surface area (Å²) >= 11 is 0. The van der Waals surface area contributed by atoms with E-state index in [-0.39, 0.29) is 62.5 Å². The third-order valence-corrected chi connectivity index (χ3v) is 11.1. The van der Waals surface area contributed by atoms with Gasteiger partial charge in [0.25, 0.3) is 5.91 Å². The molecule has 0 bridgehead atoms. The topological polar surface area (TPSA) is 273 Å². The molecule has 0 saturated carbocycles. The first-order chi connectivity index (χ1) is 32.1. The highest BCUT2D eigenvalue weighted by molar-refractivity contribution is 6.08. The van der Waals surface area contributed by atoms with Crippen molar-refractivity contribution < 1.29 is 38.3 Å². The summed E-state index contributed by atoms with van der Waals surface area (Å²) in [5.41, 5.74) is 16.6. The number of nitrogens with zero attached hydrogens (tertiary/aromatic N) is 4. The summed E-state index contributed by atoms with van der Waals surface area (Å²) in [5, 5.41) is 13.6. The molecule has 0 saturated heterocycles. The summed E-state index contributed by atoms with van der Waals surface area (Å²) in [6.07, 6.45) is 5.91. The number of nitrogens with two attached hydrogens (primary N) is 2. The van der Waals surface area contributed by atoms with E-state index in [1.54, 1.807) is 86.5 Å². The monoisotopic (exact) mass is 921 g/mol. The minimum absolute atomic E-state index is 0.0452. The van der Waals surface area contributed by atoms with Crippen LogP contribution in [0, 0.1) is 5.92 Å². The Morgan fingerprint density at radius 1 is 0.896 bits per heavy atom. The summed E-state index contributed by atoms with van der Waals surface area (Å²) < 4.78 is 5.65. The van der Waals surface area contributed by atoms with Gasteiger partial charge in [0, 0.05) is 73.5 Å². The van der Waals surface area contributed by atoms with Crippen LogP contribution < -0.4 is 38.1 Å². The van der Waals surface area contributed by atoms with E-state index in [1.165, 1.54) is 0 Å². The molecule has 0 spiro atoms. The van der Waals surface area contributed by atoms with Gasteiger partial charge in [-0.2, -0.15) is 0 Å². The molecule has 19 heteroatoms. The number of amidine groups is 1. The number of aromatic nitrogens is 1. The predicted octanol–water partition coefficient (Wildman–Crippen LogP) is 4.88. The molecule has 2 atom stereocenters. The van der Waals surface area contributed by atoms with E-state index in [4.69, 9.17) is 16.2 Å². The maximum Gasteiger partial charge on any atom is 0.410 e. The lowest BCUT2D eigenvalue weighted by Gasteiger charge is -2.28. The number of primary amides is 1. The summed E-state index contributed by atoms with van der Waals surface area (Å²) in [6, 6.07) is 11.0. The highest BCUT2D eigenvalue weighted by Gasteiger charge is 2.29. The number of anilines is 2. The first kappa shape index (κ1) is 50.7. The van der Waals surface area contributed by atoms with Gasteiger partial charge in [-0.25, -0.2) is 14.6 Å². The molecule has 2 aliphatic rings. The van der Waals surface area contributed by atoms with Crippen LogP contribution in [0.15, 0.2) is 65.3 Å². The Morgan fingerprint density at radius 3 is 2.30 bits per heavy atom. The quantitative estimate of drug-likeness (QED) is 0.0755. The molecular formula is C48H63N11O8. The minimum atomic E-state index is -0.992. The number of fused-ring (bicyclic) bond motifs is 2. The average molecular weight is 922 g/mol. The zero-order valence-electron chi connectivity index (χ0n) is 38.9. The van der Waals surface area contributed by atoms with Crippen LogP contribution in [0.5, 0.6) is 0 Å². The first-order valence-corrected chi connectivity index (χ1v) is 22.8. The maximum absolute atomic E-state index is 13.5. The second-order valence-electron chi connectivity index (χ2n) is 16.8. The Balaban J connectivity index is 1.16. The zero-order chi connectivity index (χ0) is 48.6. The number of pyridine rings is 1.